The topological polar surface area (TPSA) is 75.6 Å². The van der Waals surface area contributed by atoms with E-state index in [1.54, 1.807) is 20.8 Å². The molecule has 3 atom stereocenters. The highest BCUT2D eigenvalue weighted by Gasteiger charge is 2.42. The van der Waals surface area contributed by atoms with Crippen molar-refractivity contribution in [1.82, 2.24) is 5.32 Å². The molecule has 0 aromatic carbocycles. The summed E-state index contributed by atoms with van der Waals surface area (Å²) in [5.74, 6) is -3.05. The number of rotatable bonds is 4. The number of halogens is 3. The molecule has 5 nitrogen and oxygen atoms in total. The molecule has 0 spiro atoms. The highest BCUT2D eigenvalue weighted by atomic mass is 19.4. The quantitative estimate of drug-likeness (QED) is 0.818. The summed E-state index contributed by atoms with van der Waals surface area (Å²) < 4.78 is 43.4. The maximum absolute atomic E-state index is 12.8. The zero-order valence-electron chi connectivity index (χ0n) is 13.6. The predicted molar refractivity (Wildman–Crippen MR) is 76.9 cm³/mol. The van der Waals surface area contributed by atoms with Gasteiger partial charge in [0.05, 0.1) is 5.92 Å². The molecular formula is C15H24F3NO4. The molecule has 2 N–H and O–H groups in total. The van der Waals surface area contributed by atoms with E-state index in [9.17, 15) is 27.9 Å². The van der Waals surface area contributed by atoms with E-state index in [-0.39, 0.29) is 25.2 Å². The van der Waals surface area contributed by atoms with Crippen LogP contribution in [0.3, 0.4) is 0 Å². The SMILES string of the molecule is CC(C)(C)OC(=O)NC(CC1CCCC(C(F)(F)F)C1)C(=O)O. The Hall–Kier alpha value is -1.47. The summed E-state index contributed by atoms with van der Waals surface area (Å²) in [4.78, 5) is 22.9. The van der Waals surface area contributed by atoms with E-state index in [0.717, 1.165) is 0 Å². The number of hydrogen-bond acceptors (Lipinski definition) is 3. The zero-order valence-corrected chi connectivity index (χ0v) is 13.6. The standard InChI is InChI=1S/C15H24F3NO4/c1-14(2,3)23-13(22)19-11(12(20)21)8-9-5-4-6-10(7-9)15(16,17)18/h9-11H,4-8H2,1-3H3,(H,19,22)(H,20,21). The van der Waals surface area contributed by atoms with Crippen LogP contribution in [0.5, 0.6) is 0 Å². The fourth-order valence-electron chi connectivity index (χ4n) is 2.81. The maximum atomic E-state index is 12.8. The number of amides is 1. The van der Waals surface area contributed by atoms with Gasteiger partial charge < -0.3 is 15.2 Å². The van der Waals surface area contributed by atoms with Crippen molar-refractivity contribution in [3.8, 4) is 0 Å². The van der Waals surface area contributed by atoms with Crippen LogP contribution in [-0.4, -0.2) is 35.0 Å². The molecule has 23 heavy (non-hydrogen) atoms. The van der Waals surface area contributed by atoms with Gasteiger partial charge in [-0.15, -0.1) is 0 Å². The molecule has 1 aliphatic carbocycles. The first-order chi connectivity index (χ1) is 10.4. The fraction of sp³-hybridized carbons (Fsp3) is 0.867. The lowest BCUT2D eigenvalue weighted by molar-refractivity contribution is -0.186. The van der Waals surface area contributed by atoms with Crippen LogP contribution < -0.4 is 5.32 Å². The molecule has 134 valence electrons. The molecule has 3 unspecified atom stereocenters. The average Bonchev–Trinajstić information content (AvgIpc) is 2.35. The first-order valence-corrected chi connectivity index (χ1v) is 7.67. The zero-order chi connectivity index (χ0) is 17.8. The molecule has 0 aromatic heterocycles. The molecule has 8 heteroatoms. The number of hydrogen-bond donors (Lipinski definition) is 2. The van der Waals surface area contributed by atoms with E-state index in [2.05, 4.69) is 5.32 Å². The first-order valence-electron chi connectivity index (χ1n) is 7.67. The average molecular weight is 339 g/mol. The third-order valence-electron chi connectivity index (χ3n) is 3.80. The van der Waals surface area contributed by atoms with Gasteiger partial charge in [-0.2, -0.15) is 13.2 Å². The van der Waals surface area contributed by atoms with E-state index in [0.29, 0.717) is 12.8 Å². The van der Waals surface area contributed by atoms with Crippen molar-refractivity contribution in [2.45, 2.75) is 70.7 Å². The molecule has 1 rings (SSSR count). The van der Waals surface area contributed by atoms with E-state index < -0.39 is 35.8 Å². The molecular weight excluding hydrogens is 315 g/mol. The summed E-state index contributed by atoms with van der Waals surface area (Å²) in [6.07, 6.45) is -4.23. The predicted octanol–water partition coefficient (Wildman–Crippen LogP) is 3.72. The summed E-state index contributed by atoms with van der Waals surface area (Å²) in [5, 5.41) is 11.4. The molecule has 1 amide bonds. The number of carbonyl (C=O) groups is 2. The molecule has 0 aromatic rings. The summed E-state index contributed by atoms with van der Waals surface area (Å²) in [5.41, 5.74) is -0.778. The Balaban J connectivity index is 2.62. The monoisotopic (exact) mass is 339 g/mol. The van der Waals surface area contributed by atoms with Crippen molar-refractivity contribution in [2.24, 2.45) is 11.8 Å². The van der Waals surface area contributed by atoms with E-state index in [4.69, 9.17) is 4.74 Å². The summed E-state index contributed by atoms with van der Waals surface area (Å²) in [7, 11) is 0. The van der Waals surface area contributed by atoms with E-state index in [1.807, 2.05) is 0 Å². The molecule has 0 radical (unpaired) electrons. The third-order valence-corrected chi connectivity index (χ3v) is 3.80. The van der Waals surface area contributed by atoms with Crippen LogP contribution in [0.15, 0.2) is 0 Å². The number of ether oxygens (including phenoxy) is 1. The van der Waals surface area contributed by atoms with Gasteiger partial charge in [0.1, 0.15) is 11.6 Å². The van der Waals surface area contributed by atoms with Crippen LogP contribution in [0, 0.1) is 11.8 Å². The number of carbonyl (C=O) groups excluding carboxylic acids is 1. The van der Waals surface area contributed by atoms with Crippen molar-refractivity contribution in [3.63, 3.8) is 0 Å². The molecule has 0 bridgehead atoms. The normalized spacial score (nSPS) is 23.9. The van der Waals surface area contributed by atoms with Gasteiger partial charge in [-0.3, -0.25) is 0 Å². The lowest BCUT2D eigenvalue weighted by Crippen LogP contribution is -2.45. The minimum Gasteiger partial charge on any atom is -0.480 e. The number of carboxylic acid groups (broad SMARTS) is 1. The Morgan fingerprint density at radius 1 is 1.26 bits per heavy atom. The minimum atomic E-state index is -4.25. The van der Waals surface area contributed by atoms with Crippen LogP contribution in [0.25, 0.3) is 0 Å². The largest absolute Gasteiger partial charge is 0.480 e. The van der Waals surface area contributed by atoms with Gasteiger partial charge in [-0.1, -0.05) is 12.8 Å². The fourth-order valence-corrected chi connectivity index (χ4v) is 2.81. The van der Waals surface area contributed by atoms with Gasteiger partial charge in [-0.25, -0.2) is 9.59 Å². The van der Waals surface area contributed by atoms with Crippen molar-refractivity contribution in [1.29, 1.82) is 0 Å². The Bertz CT molecular complexity index is 431. The molecule has 1 saturated carbocycles. The van der Waals surface area contributed by atoms with Crippen molar-refractivity contribution in [2.75, 3.05) is 0 Å². The number of alkyl halides is 3. The van der Waals surface area contributed by atoms with Crippen LogP contribution in [0.2, 0.25) is 0 Å². The Kier molecular flexibility index (Phi) is 6.30. The smallest absolute Gasteiger partial charge is 0.408 e. The van der Waals surface area contributed by atoms with Crippen LogP contribution >= 0.6 is 0 Å². The first kappa shape index (κ1) is 19.6. The van der Waals surface area contributed by atoms with Crippen LogP contribution in [0.1, 0.15) is 52.9 Å². The summed E-state index contributed by atoms with van der Waals surface area (Å²) >= 11 is 0. The van der Waals surface area contributed by atoms with Crippen molar-refractivity contribution in [3.05, 3.63) is 0 Å². The summed E-state index contributed by atoms with van der Waals surface area (Å²) in [6.45, 7) is 4.91. The van der Waals surface area contributed by atoms with Gasteiger partial charge in [0.15, 0.2) is 0 Å². The van der Waals surface area contributed by atoms with E-state index >= 15 is 0 Å². The number of nitrogens with one attached hydrogen (secondary N) is 1. The second-order valence-corrected chi connectivity index (χ2v) is 7.04. The maximum Gasteiger partial charge on any atom is 0.408 e. The highest BCUT2D eigenvalue weighted by molar-refractivity contribution is 5.80. The van der Waals surface area contributed by atoms with Gasteiger partial charge in [-0.05, 0) is 46.0 Å². The molecule has 0 saturated heterocycles. The van der Waals surface area contributed by atoms with Crippen LogP contribution in [0.4, 0.5) is 18.0 Å². The second kappa shape index (κ2) is 7.40. The van der Waals surface area contributed by atoms with Crippen molar-refractivity contribution >= 4 is 12.1 Å². The lowest BCUT2D eigenvalue weighted by atomic mass is 9.78. The van der Waals surface area contributed by atoms with Crippen LogP contribution in [-0.2, 0) is 9.53 Å². The summed E-state index contributed by atoms with van der Waals surface area (Å²) in [6, 6.07) is -1.25. The second-order valence-electron chi connectivity index (χ2n) is 7.04. The van der Waals surface area contributed by atoms with Gasteiger partial charge in [0, 0.05) is 0 Å². The van der Waals surface area contributed by atoms with Gasteiger partial charge in [0.25, 0.3) is 0 Å². The molecule has 0 aliphatic heterocycles. The van der Waals surface area contributed by atoms with Gasteiger partial charge >= 0.3 is 18.2 Å². The molecule has 1 aliphatic rings. The van der Waals surface area contributed by atoms with E-state index in [1.165, 1.54) is 0 Å². The lowest BCUT2D eigenvalue weighted by Gasteiger charge is -2.32. The third kappa shape index (κ3) is 7.09. The van der Waals surface area contributed by atoms with Crippen molar-refractivity contribution < 1.29 is 32.6 Å². The minimum absolute atomic E-state index is 0.0266. The number of alkyl carbamates (subject to hydrolysis) is 1. The number of carboxylic acids is 1. The Labute approximate surface area is 133 Å². The Morgan fingerprint density at radius 2 is 1.87 bits per heavy atom. The highest BCUT2D eigenvalue weighted by Crippen LogP contribution is 2.41. The number of aliphatic carboxylic acids is 1. The molecule has 1 fully saturated rings. The van der Waals surface area contributed by atoms with Gasteiger partial charge in [0.2, 0.25) is 0 Å². The molecule has 0 heterocycles. The Morgan fingerprint density at radius 3 is 2.35 bits per heavy atom.